The van der Waals surface area contributed by atoms with E-state index in [-0.39, 0.29) is 0 Å². The second-order valence-corrected chi connectivity index (χ2v) is 5.73. The SMILES string of the molecule is CC1CCCC(C(=O)O)(C2(O)CCOCC2)C1. The maximum Gasteiger partial charge on any atom is 0.312 e. The summed E-state index contributed by atoms with van der Waals surface area (Å²) in [6.07, 6.45) is 4.07. The highest BCUT2D eigenvalue weighted by molar-refractivity contribution is 5.76. The molecule has 2 atom stereocenters. The van der Waals surface area contributed by atoms with E-state index in [0.29, 0.717) is 44.8 Å². The van der Waals surface area contributed by atoms with Crippen LogP contribution in [-0.2, 0) is 9.53 Å². The molecule has 0 aromatic carbocycles. The number of carbonyl (C=O) groups is 1. The third-order valence-electron chi connectivity index (χ3n) is 4.62. The molecule has 4 nitrogen and oxygen atoms in total. The lowest BCUT2D eigenvalue weighted by atomic mass is 9.58. The smallest absolute Gasteiger partial charge is 0.312 e. The molecule has 0 radical (unpaired) electrons. The topological polar surface area (TPSA) is 66.8 Å². The first-order valence-electron chi connectivity index (χ1n) is 6.54. The highest BCUT2D eigenvalue weighted by Gasteiger charge is 2.57. The van der Waals surface area contributed by atoms with E-state index in [9.17, 15) is 15.0 Å². The lowest BCUT2D eigenvalue weighted by molar-refractivity contribution is -0.193. The van der Waals surface area contributed by atoms with Crippen molar-refractivity contribution in [3.05, 3.63) is 0 Å². The van der Waals surface area contributed by atoms with Gasteiger partial charge in [0.05, 0.1) is 11.0 Å². The van der Waals surface area contributed by atoms with Crippen LogP contribution in [0.1, 0.15) is 45.4 Å². The van der Waals surface area contributed by atoms with Crippen molar-refractivity contribution < 1.29 is 19.7 Å². The highest BCUT2D eigenvalue weighted by Crippen LogP contribution is 2.50. The van der Waals surface area contributed by atoms with Gasteiger partial charge in [0.2, 0.25) is 0 Å². The monoisotopic (exact) mass is 242 g/mol. The van der Waals surface area contributed by atoms with E-state index in [2.05, 4.69) is 6.92 Å². The molecular weight excluding hydrogens is 220 g/mol. The zero-order chi connectivity index (χ0) is 12.5. The number of carboxylic acid groups (broad SMARTS) is 1. The molecule has 2 aliphatic rings. The lowest BCUT2D eigenvalue weighted by Crippen LogP contribution is -2.57. The molecule has 0 amide bonds. The van der Waals surface area contributed by atoms with Crippen LogP contribution in [0.3, 0.4) is 0 Å². The zero-order valence-corrected chi connectivity index (χ0v) is 10.4. The van der Waals surface area contributed by atoms with Crippen LogP contribution in [0, 0.1) is 11.3 Å². The van der Waals surface area contributed by atoms with Gasteiger partial charge in [0, 0.05) is 26.1 Å². The molecule has 0 bridgehead atoms. The number of hydrogen-bond acceptors (Lipinski definition) is 3. The molecule has 2 N–H and O–H groups in total. The van der Waals surface area contributed by atoms with Crippen molar-refractivity contribution in [1.82, 2.24) is 0 Å². The zero-order valence-electron chi connectivity index (χ0n) is 10.4. The fourth-order valence-electron chi connectivity index (χ4n) is 3.55. The second kappa shape index (κ2) is 4.58. The van der Waals surface area contributed by atoms with Crippen molar-refractivity contribution in [2.45, 2.75) is 51.0 Å². The van der Waals surface area contributed by atoms with Crippen LogP contribution in [-0.4, -0.2) is 35.0 Å². The predicted octanol–water partition coefficient (Wildman–Crippen LogP) is 1.81. The number of hydrogen-bond donors (Lipinski definition) is 2. The summed E-state index contributed by atoms with van der Waals surface area (Å²) in [5.74, 6) is -0.444. The minimum absolute atomic E-state index is 0.381. The number of rotatable bonds is 2. The lowest BCUT2D eigenvalue weighted by Gasteiger charge is -2.49. The van der Waals surface area contributed by atoms with Gasteiger partial charge in [-0.25, -0.2) is 0 Å². The van der Waals surface area contributed by atoms with Crippen molar-refractivity contribution >= 4 is 5.97 Å². The molecule has 2 unspecified atom stereocenters. The third kappa shape index (κ3) is 2.08. The number of aliphatic hydroxyl groups is 1. The Balaban J connectivity index is 2.29. The van der Waals surface area contributed by atoms with E-state index >= 15 is 0 Å². The first-order valence-corrected chi connectivity index (χ1v) is 6.54. The number of carboxylic acids is 1. The van der Waals surface area contributed by atoms with Crippen molar-refractivity contribution in [2.24, 2.45) is 11.3 Å². The summed E-state index contributed by atoms with van der Waals surface area (Å²) in [6, 6.07) is 0. The van der Waals surface area contributed by atoms with Gasteiger partial charge in [0.25, 0.3) is 0 Å². The minimum Gasteiger partial charge on any atom is -0.481 e. The first kappa shape index (κ1) is 12.8. The molecule has 1 heterocycles. The van der Waals surface area contributed by atoms with Gasteiger partial charge in [-0.1, -0.05) is 19.8 Å². The van der Waals surface area contributed by atoms with Gasteiger partial charge in [-0.05, 0) is 18.8 Å². The summed E-state index contributed by atoms with van der Waals surface area (Å²) in [7, 11) is 0. The van der Waals surface area contributed by atoms with Gasteiger partial charge in [-0.3, -0.25) is 4.79 Å². The molecule has 0 aromatic heterocycles. The van der Waals surface area contributed by atoms with Crippen LogP contribution >= 0.6 is 0 Å². The van der Waals surface area contributed by atoms with E-state index in [1.807, 2.05) is 0 Å². The molecule has 0 spiro atoms. The Bertz CT molecular complexity index is 296. The molecule has 2 rings (SSSR count). The average molecular weight is 242 g/mol. The Kier molecular flexibility index (Phi) is 3.46. The average Bonchev–Trinajstić information content (AvgIpc) is 2.29. The van der Waals surface area contributed by atoms with Crippen LogP contribution in [0.15, 0.2) is 0 Å². The Morgan fingerprint density at radius 2 is 1.94 bits per heavy atom. The van der Waals surface area contributed by atoms with Crippen molar-refractivity contribution in [1.29, 1.82) is 0 Å². The van der Waals surface area contributed by atoms with Gasteiger partial charge in [-0.15, -0.1) is 0 Å². The second-order valence-electron chi connectivity index (χ2n) is 5.73. The summed E-state index contributed by atoms with van der Waals surface area (Å²) in [4.78, 5) is 11.7. The summed E-state index contributed by atoms with van der Waals surface area (Å²) in [5.41, 5.74) is -2.03. The molecule has 1 aliphatic heterocycles. The largest absolute Gasteiger partial charge is 0.481 e. The quantitative estimate of drug-likeness (QED) is 0.775. The molecule has 98 valence electrons. The molecule has 1 saturated heterocycles. The van der Waals surface area contributed by atoms with E-state index < -0.39 is 17.0 Å². The third-order valence-corrected chi connectivity index (χ3v) is 4.62. The standard InChI is InChI=1S/C13H22O4/c1-10-3-2-4-12(9-10,11(14)15)13(16)5-7-17-8-6-13/h10,16H,2-9H2,1H3,(H,14,15). The molecule has 1 aliphatic carbocycles. The Morgan fingerprint density at radius 3 is 2.47 bits per heavy atom. The minimum atomic E-state index is -1.08. The highest BCUT2D eigenvalue weighted by atomic mass is 16.5. The fourth-order valence-corrected chi connectivity index (χ4v) is 3.55. The predicted molar refractivity (Wildman–Crippen MR) is 62.7 cm³/mol. The van der Waals surface area contributed by atoms with Crippen molar-refractivity contribution in [2.75, 3.05) is 13.2 Å². The van der Waals surface area contributed by atoms with E-state index in [1.165, 1.54) is 0 Å². The van der Waals surface area contributed by atoms with Crippen molar-refractivity contribution in [3.8, 4) is 0 Å². The van der Waals surface area contributed by atoms with E-state index in [4.69, 9.17) is 4.74 Å². The Morgan fingerprint density at radius 1 is 1.29 bits per heavy atom. The van der Waals surface area contributed by atoms with Crippen molar-refractivity contribution in [3.63, 3.8) is 0 Å². The van der Waals surface area contributed by atoms with Crippen LogP contribution in [0.5, 0.6) is 0 Å². The van der Waals surface area contributed by atoms with Gasteiger partial charge in [-0.2, -0.15) is 0 Å². The Hall–Kier alpha value is -0.610. The summed E-state index contributed by atoms with van der Waals surface area (Å²) in [5, 5.41) is 20.4. The first-order chi connectivity index (χ1) is 8.00. The number of aliphatic carboxylic acids is 1. The van der Waals surface area contributed by atoms with E-state index in [0.717, 1.165) is 12.8 Å². The molecular formula is C13H22O4. The van der Waals surface area contributed by atoms with Gasteiger partial charge in [0.15, 0.2) is 0 Å². The molecule has 17 heavy (non-hydrogen) atoms. The van der Waals surface area contributed by atoms with Crippen LogP contribution in [0.25, 0.3) is 0 Å². The van der Waals surface area contributed by atoms with Gasteiger partial charge >= 0.3 is 5.97 Å². The van der Waals surface area contributed by atoms with Crippen LogP contribution < -0.4 is 0 Å². The van der Waals surface area contributed by atoms with Gasteiger partial charge in [0.1, 0.15) is 0 Å². The van der Waals surface area contributed by atoms with E-state index in [1.54, 1.807) is 0 Å². The Labute approximate surface area is 102 Å². The normalized spacial score (nSPS) is 37.6. The van der Waals surface area contributed by atoms with Gasteiger partial charge < -0.3 is 14.9 Å². The summed E-state index contributed by atoms with van der Waals surface area (Å²) < 4.78 is 5.25. The molecule has 0 aromatic rings. The van der Waals surface area contributed by atoms with Crippen LogP contribution in [0.4, 0.5) is 0 Å². The molecule has 1 saturated carbocycles. The maximum atomic E-state index is 11.7. The maximum absolute atomic E-state index is 11.7. The summed E-state index contributed by atoms with van der Waals surface area (Å²) >= 11 is 0. The fraction of sp³-hybridized carbons (Fsp3) is 0.923. The number of ether oxygens (including phenoxy) is 1. The van der Waals surface area contributed by atoms with Crippen LogP contribution in [0.2, 0.25) is 0 Å². The molecule has 2 fully saturated rings. The summed E-state index contributed by atoms with van der Waals surface area (Å²) in [6.45, 7) is 3.03. The molecule has 4 heteroatoms.